The largest absolute Gasteiger partial charge is 0.280 e. The van der Waals surface area contributed by atoms with Crippen LogP contribution in [-0.2, 0) is 23.1 Å². The van der Waals surface area contributed by atoms with E-state index in [1.165, 1.54) is 0 Å². The third kappa shape index (κ3) is 4.16. The second-order valence-electron chi connectivity index (χ2n) is 6.75. The number of aryl methyl sites for hydroxylation is 1. The summed E-state index contributed by atoms with van der Waals surface area (Å²) in [4.78, 5) is 4.01. The van der Waals surface area contributed by atoms with Crippen LogP contribution in [0.5, 0.6) is 0 Å². The van der Waals surface area contributed by atoms with Gasteiger partial charge in [0.2, 0.25) is 0 Å². The minimum absolute atomic E-state index is 0.278. The molecule has 6 nitrogen and oxygen atoms in total. The van der Waals surface area contributed by atoms with Gasteiger partial charge in [0.15, 0.2) is 0 Å². The Kier molecular flexibility index (Phi) is 5.21. The summed E-state index contributed by atoms with van der Waals surface area (Å²) < 4.78 is 56.1. The van der Waals surface area contributed by atoms with Crippen LogP contribution in [0.4, 0.5) is 14.5 Å². The van der Waals surface area contributed by atoms with E-state index in [0.717, 1.165) is 35.4 Å². The molecule has 30 heavy (non-hydrogen) atoms. The number of hydrogen-bond acceptors (Lipinski definition) is 4. The first-order valence-electron chi connectivity index (χ1n) is 9.21. The number of halogens is 2. The van der Waals surface area contributed by atoms with Gasteiger partial charge in [0.25, 0.3) is 10.0 Å². The Labute approximate surface area is 172 Å². The lowest BCUT2D eigenvalue weighted by Crippen LogP contribution is -2.14. The predicted octanol–water partition coefficient (Wildman–Crippen LogP) is 4.00. The van der Waals surface area contributed by atoms with Crippen molar-refractivity contribution in [3.05, 3.63) is 83.2 Å². The lowest BCUT2D eigenvalue weighted by molar-refractivity contribution is 0.568. The van der Waals surface area contributed by atoms with E-state index < -0.39 is 26.6 Å². The fourth-order valence-corrected chi connectivity index (χ4v) is 4.22. The molecule has 0 spiro atoms. The highest BCUT2D eigenvalue weighted by Crippen LogP contribution is 2.26. The van der Waals surface area contributed by atoms with Crippen molar-refractivity contribution in [1.29, 1.82) is 0 Å². The fourth-order valence-electron chi connectivity index (χ4n) is 3.13. The van der Waals surface area contributed by atoms with Crippen LogP contribution < -0.4 is 4.72 Å². The van der Waals surface area contributed by atoms with E-state index in [2.05, 4.69) is 14.8 Å². The summed E-state index contributed by atoms with van der Waals surface area (Å²) in [5, 5.41) is 4.22. The summed E-state index contributed by atoms with van der Waals surface area (Å²) in [5.74, 6) is -1.93. The number of sulfonamides is 1. The van der Waals surface area contributed by atoms with Crippen LogP contribution in [0.15, 0.2) is 64.8 Å². The second kappa shape index (κ2) is 7.83. The molecule has 0 radical (unpaired) electrons. The summed E-state index contributed by atoms with van der Waals surface area (Å²) >= 11 is 0. The second-order valence-corrected chi connectivity index (χ2v) is 8.43. The standard InChI is InChI=1S/C21H18F2N4O2S/c1-2-27-13-14(11-25-27)3-6-21-20-10-18(5-4-15(20)12-24-21)26-30(28,29)19-8-16(22)7-17(23)9-19/h3-11,13,26H,2,12H2,1H3/b6-3+. The number of rotatable bonds is 6. The highest BCUT2D eigenvalue weighted by molar-refractivity contribution is 7.92. The third-order valence-electron chi connectivity index (χ3n) is 4.62. The van der Waals surface area contributed by atoms with Gasteiger partial charge in [0.05, 0.1) is 23.3 Å². The molecule has 0 unspecified atom stereocenters. The summed E-state index contributed by atoms with van der Waals surface area (Å²) in [6.45, 7) is 3.26. The molecule has 2 aromatic carbocycles. The molecule has 2 heterocycles. The van der Waals surface area contributed by atoms with Crippen LogP contribution in [-0.4, -0.2) is 23.9 Å². The Morgan fingerprint density at radius 1 is 1.13 bits per heavy atom. The van der Waals surface area contributed by atoms with Crippen molar-refractivity contribution in [2.45, 2.75) is 24.9 Å². The van der Waals surface area contributed by atoms with Gasteiger partial charge in [-0.1, -0.05) is 6.07 Å². The van der Waals surface area contributed by atoms with E-state index in [4.69, 9.17) is 0 Å². The van der Waals surface area contributed by atoms with Crippen molar-refractivity contribution in [2.75, 3.05) is 4.72 Å². The van der Waals surface area contributed by atoms with Crippen molar-refractivity contribution in [3.8, 4) is 0 Å². The van der Waals surface area contributed by atoms with Gasteiger partial charge in [-0.25, -0.2) is 17.2 Å². The summed E-state index contributed by atoms with van der Waals surface area (Å²) in [6, 6.07) is 7.19. The van der Waals surface area contributed by atoms with Gasteiger partial charge in [0, 0.05) is 35.6 Å². The molecule has 0 bridgehead atoms. The Bertz CT molecular complexity index is 1260. The number of nitrogens with one attached hydrogen (secondary N) is 1. The summed E-state index contributed by atoms with van der Waals surface area (Å²) in [7, 11) is -4.15. The average Bonchev–Trinajstić information content (AvgIpc) is 3.31. The number of hydrogen-bond donors (Lipinski definition) is 1. The van der Waals surface area contributed by atoms with E-state index in [1.807, 2.05) is 30.0 Å². The minimum Gasteiger partial charge on any atom is -0.280 e. The first kappa shape index (κ1) is 20.0. The fraction of sp³-hybridized carbons (Fsp3) is 0.143. The molecule has 0 saturated heterocycles. The van der Waals surface area contributed by atoms with Gasteiger partial charge >= 0.3 is 0 Å². The van der Waals surface area contributed by atoms with Crippen LogP contribution >= 0.6 is 0 Å². The van der Waals surface area contributed by atoms with E-state index in [1.54, 1.807) is 24.4 Å². The van der Waals surface area contributed by atoms with Gasteiger partial charge in [0.1, 0.15) is 11.6 Å². The van der Waals surface area contributed by atoms with Crippen LogP contribution in [0, 0.1) is 11.6 Å². The van der Waals surface area contributed by atoms with Crippen molar-refractivity contribution < 1.29 is 17.2 Å². The lowest BCUT2D eigenvalue weighted by Gasteiger charge is -2.10. The molecule has 3 aromatic rings. The van der Waals surface area contributed by atoms with Gasteiger partial charge in [-0.3, -0.25) is 14.4 Å². The molecule has 0 saturated carbocycles. The monoisotopic (exact) mass is 428 g/mol. The first-order valence-corrected chi connectivity index (χ1v) is 10.7. The maximum atomic E-state index is 13.4. The number of nitrogens with zero attached hydrogens (tertiary/aromatic N) is 3. The zero-order valence-electron chi connectivity index (χ0n) is 16.0. The molecule has 1 aliphatic heterocycles. The zero-order chi connectivity index (χ0) is 21.3. The Morgan fingerprint density at radius 2 is 1.90 bits per heavy atom. The Balaban J connectivity index is 1.58. The molecular weight excluding hydrogens is 410 g/mol. The predicted molar refractivity (Wildman–Crippen MR) is 111 cm³/mol. The van der Waals surface area contributed by atoms with Crippen molar-refractivity contribution in [3.63, 3.8) is 0 Å². The molecule has 0 aliphatic carbocycles. The Hall–Kier alpha value is -3.33. The smallest absolute Gasteiger partial charge is 0.262 e. The Morgan fingerprint density at radius 3 is 2.60 bits per heavy atom. The van der Waals surface area contributed by atoms with E-state index in [-0.39, 0.29) is 5.69 Å². The zero-order valence-corrected chi connectivity index (χ0v) is 16.8. The highest BCUT2D eigenvalue weighted by atomic mass is 32.2. The number of anilines is 1. The molecular formula is C21H18F2N4O2S. The molecule has 1 aromatic heterocycles. The molecule has 1 aliphatic rings. The molecule has 0 amide bonds. The molecule has 0 atom stereocenters. The molecule has 1 N–H and O–H groups in total. The van der Waals surface area contributed by atoms with Crippen LogP contribution in [0.3, 0.4) is 0 Å². The molecule has 4 rings (SSSR count). The number of fused-ring (bicyclic) bond motifs is 1. The molecule has 9 heteroatoms. The lowest BCUT2D eigenvalue weighted by atomic mass is 10.0. The number of aliphatic imine (C=N–C) groups is 1. The molecule has 154 valence electrons. The number of benzene rings is 2. The van der Waals surface area contributed by atoms with E-state index >= 15 is 0 Å². The first-order chi connectivity index (χ1) is 14.3. The third-order valence-corrected chi connectivity index (χ3v) is 5.98. The highest BCUT2D eigenvalue weighted by Gasteiger charge is 2.19. The summed E-state index contributed by atoms with van der Waals surface area (Å²) in [5.41, 5.74) is 3.67. The topological polar surface area (TPSA) is 76.3 Å². The SMILES string of the molecule is CCn1cc(/C=C/C2=NCc3ccc(NS(=O)(=O)c4cc(F)cc(F)c4)cc32)cn1. The van der Waals surface area contributed by atoms with E-state index in [0.29, 0.717) is 18.3 Å². The van der Waals surface area contributed by atoms with Gasteiger partial charge in [-0.15, -0.1) is 0 Å². The van der Waals surface area contributed by atoms with Crippen molar-refractivity contribution in [1.82, 2.24) is 9.78 Å². The van der Waals surface area contributed by atoms with Gasteiger partial charge in [-0.2, -0.15) is 5.10 Å². The van der Waals surface area contributed by atoms with Gasteiger partial charge in [-0.05, 0) is 48.9 Å². The maximum Gasteiger partial charge on any atom is 0.262 e. The van der Waals surface area contributed by atoms with Crippen LogP contribution in [0.25, 0.3) is 6.08 Å². The quantitative estimate of drug-likeness (QED) is 0.645. The minimum atomic E-state index is -4.15. The van der Waals surface area contributed by atoms with E-state index in [9.17, 15) is 17.2 Å². The normalized spacial score (nSPS) is 13.5. The maximum absolute atomic E-state index is 13.4. The number of allylic oxidation sites excluding steroid dienone is 1. The van der Waals surface area contributed by atoms with Crippen molar-refractivity contribution >= 4 is 27.5 Å². The average molecular weight is 428 g/mol. The number of aromatic nitrogens is 2. The summed E-state index contributed by atoms with van der Waals surface area (Å²) in [6.07, 6.45) is 7.40. The van der Waals surface area contributed by atoms with Crippen molar-refractivity contribution in [2.24, 2.45) is 4.99 Å². The molecule has 0 fully saturated rings. The van der Waals surface area contributed by atoms with Crippen LogP contribution in [0.1, 0.15) is 23.6 Å². The van der Waals surface area contributed by atoms with Gasteiger partial charge < -0.3 is 0 Å². The van der Waals surface area contributed by atoms with Crippen LogP contribution in [0.2, 0.25) is 0 Å².